The first kappa shape index (κ1) is 25.8. The molecule has 0 aliphatic heterocycles. The van der Waals surface area contributed by atoms with Gasteiger partial charge in [-0.2, -0.15) is 0 Å². The number of alkyl carbamates (subject to hydrolysis) is 1. The summed E-state index contributed by atoms with van der Waals surface area (Å²) >= 11 is 6.91. The van der Waals surface area contributed by atoms with Crippen molar-refractivity contribution in [3.05, 3.63) is 114 Å². The monoisotopic (exact) mass is 526 g/mol. The quantitative estimate of drug-likeness (QED) is 0.236. The number of fused-ring (bicyclic) bond motifs is 1. The lowest BCUT2D eigenvalue weighted by molar-refractivity contribution is -0.120. The number of amides is 2. The summed E-state index contributed by atoms with van der Waals surface area (Å²) in [4.78, 5) is 26.2. The Hall–Kier alpha value is -3.83. The first-order chi connectivity index (χ1) is 18.4. The second-order valence-corrected chi connectivity index (χ2v) is 10.7. The molecule has 0 heterocycles. The molecule has 4 aromatic rings. The van der Waals surface area contributed by atoms with Crippen LogP contribution in [-0.4, -0.2) is 17.4 Å². The molecular weight excluding hydrogens is 496 g/mol. The molecule has 0 unspecified atom stereocenters. The van der Waals surface area contributed by atoms with E-state index in [2.05, 4.69) is 10.6 Å². The highest BCUT2D eigenvalue weighted by atomic mass is 35.5. The van der Waals surface area contributed by atoms with Crippen LogP contribution >= 0.6 is 11.6 Å². The molecule has 1 aliphatic rings. The van der Waals surface area contributed by atoms with Gasteiger partial charge in [0, 0.05) is 22.4 Å². The third kappa shape index (κ3) is 5.25. The SMILES string of the molecule is C[C@@H](C(=O)Nc1ccc2ccccc2c1)[C@@H]1[C@H](Cl)[C@@]1(C)[C@H](NC(=O)OCc1ccccc1)c1ccccc1. The van der Waals surface area contributed by atoms with Crippen LogP contribution in [0, 0.1) is 17.3 Å². The second-order valence-electron chi connectivity index (χ2n) is 10.2. The number of rotatable bonds is 8. The van der Waals surface area contributed by atoms with E-state index in [1.807, 2.05) is 117 Å². The van der Waals surface area contributed by atoms with E-state index in [1.165, 1.54) is 0 Å². The highest BCUT2D eigenvalue weighted by Gasteiger charge is 2.67. The lowest BCUT2D eigenvalue weighted by Crippen LogP contribution is -2.36. The Morgan fingerprint density at radius 1 is 0.895 bits per heavy atom. The third-order valence-electron chi connectivity index (χ3n) is 7.72. The second kappa shape index (κ2) is 10.9. The fraction of sp³-hybridized carbons (Fsp3) is 0.250. The van der Waals surface area contributed by atoms with Crippen molar-refractivity contribution in [3.63, 3.8) is 0 Å². The number of alkyl halides is 1. The van der Waals surface area contributed by atoms with Gasteiger partial charge in [-0.1, -0.05) is 105 Å². The molecule has 1 aliphatic carbocycles. The van der Waals surface area contributed by atoms with Crippen LogP contribution in [-0.2, 0) is 16.1 Å². The van der Waals surface area contributed by atoms with Crippen molar-refractivity contribution in [3.8, 4) is 0 Å². The third-order valence-corrected chi connectivity index (χ3v) is 8.46. The number of carbonyl (C=O) groups excluding carboxylic acids is 2. The molecule has 38 heavy (non-hydrogen) atoms. The number of benzene rings is 4. The number of halogens is 1. The van der Waals surface area contributed by atoms with Gasteiger partial charge in [-0.05, 0) is 39.9 Å². The average Bonchev–Trinajstić information content (AvgIpc) is 3.51. The molecule has 1 fully saturated rings. The van der Waals surface area contributed by atoms with Crippen molar-refractivity contribution < 1.29 is 14.3 Å². The zero-order valence-electron chi connectivity index (χ0n) is 21.4. The van der Waals surface area contributed by atoms with Crippen LogP contribution in [0.2, 0.25) is 0 Å². The Balaban J connectivity index is 1.31. The number of ether oxygens (including phenoxy) is 1. The molecule has 2 N–H and O–H groups in total. The molecule has 0 aromatic heterocycles. The minimum Gasteiger partial charge on any atom is -0.445 e. The molecule has 5 nitrogen and oxygen atoms in total. The molecule has 5 atom stereocenters. The number of hydrogen-bond acceptors (Lipinski definition) is 3. The maximum Gasteiger partial charge on any atom is 0.407 e. The fourth-order valence-electron chi connectivity index (χ4n) is 5.47. The largest absolute Gasteiger partial charge is 0.445 e. The summed E-state index contributed by atoms with van der Waals surface area (Å²) in [6.45, 7) is 4.10. The molecule has 0 spiro atoms. The molecule has 0 bridgehead atoms. The smallest absolute Gasteiger partial charge is 0.407 e. The van der Waals surface area contributed by atoms with Crippen LogP contribution in [0.1, 0.15) is 31.0 Å². The van der Waals surface area contributed by atoms with Crippen molar-refractivity contribution in [2.45, 2.75) is 31.9 Å². The Labute approximate surface area is 228 Å². The Morgan fingerprint density at radius 2 is 1.53 bits per heavy atom. The van der Waals surface area contributed by atoms with Gasteiger partial charge < -0.3 is 15.4 Å². The fourth-order valence-corrected chi connectivity index (χ4v) is 6.16. The van der Waals surface area contributed by atoms with E-state index in [-0.39, 0.29) is 29.7 Å². The van der Waals surface area contributed by atoms with Gasteiger partial charge in [0.1, 0.15) is 6.61 Å². The maximum absolute atomic E-state index is 13.3. The number of anilines is 1. The van der Waals surface area contributed by atoms with Crippen LogP contribution < -0.4 is 10.6 Å². The molecule has 2 amide bonds. The van der Waals surface area contributed by atoms with Gasteiger partial charge in [0.2, 0.25) is 5.91 Å². The Kier molecular flexibility index (Phi) is 7.39. The highest BCUT2D eigenvalue weighted by Crippen LogP contribution is 2.66. The van der Waals surface area contributed by atoms with Crippen molar-refractivity contribution in [1.82, 2.24) is 5.32 Å². The molecular formula is C32H31ClN2O3. The van der Waals surface area contributed by atoms with Gasteiger partial charge in [-0.15, -0.1) is 11.6 Å². The van der Waals surface area contributed by atoms with E-state index >= 15 is 0 Å². The maximum atomic E-state index is 13.3. The summed E-state index contributed by atoms with van der Waals surface area (Å²) in [5.41, 5.74) is 2.02. The normalized spacial score (nSPS) is 21.8. The summed E-state index contributed by atoms with van der Waals surface area (Å²) in [7, 11) is 0. The zero-order valence-corrected chi connectivity index (χ0v) is 22.2. The van der Waals surface area contributed by atoms with Gasteiger partial charge in [0.25, 0.3) is 0 Å². The molecule has 0 radical (unpaired) electrons. The van der Waals surface area contributed by atoms with Crippen LogP contribution in [0.4, 0.5) is 10.5 Å². The summed E-state index contributed by atoms with van der Waals surface area (Å²) in [5, 5.41) is 7.99. The van der Waals surface area contributed by atoms with Gasteiger partial charge in [0.05, 0.1) is 6.04 Å². The van der Waals surface area contributed by atoms with E-state index < -0.39 is 17.6 Å². The Bertz CT molecular complexity index is 1430. The highest BCUT2D eigenvalue weighted by molar-refractivity contribution is 6.24. The molecule has 6 heteroatoms. The van der Waals surface area contributed by atoms with Gasteiger partial charge in [-0.25, -0.2) is 4.79 Å². The molecule has 1 saturated carbocycles. The first-order valence-corrected chi connectivity index (χ1v) is 13.3. The predicted octanol–water partition coefficient (Wildman–Crippen LogP) is 7.33. The van der Waals surface area contributed by atoms with Gasteiger partial charge >= 0.3 is 6.09 Å². The lowest BCUT2D eigenvalue weighted by Gasteiger charge is -2.27. The van der Waals surface area contributed by atoms with E-state index in [9.17, 15) is 9.59 Å². The van der Waals surface area contributed by atoms with Crippen LogP contribution in [0.15, 0.2) is 103 Å². The van der Waals surface area contributed by atoms with Crippen LogP contribution in [0.25, 0.3) is 10.8 Å². The van der Waals surface area contributed by atoms with Crippen molar-refractivity contribution in [1.29, 1.82) is 0 Å². The van der Waals surface area contributed by atoms with E-state index in [4.69, 9.17) is 16.3 Å². The van der Waals surface area contributed by atoms with Crippen LogP contribution in [0.3, 0.4) is 0 Å². The van der Waals surface area contributed by atoms with Gasteiger partial charge in [-0.3, -0.25) is 4.79 Å². The average molecular weight is 527 g/mol. The minimum atomic E-state index is -0.547. The van der Waals surface area contributed by atoms with Gasteiger partial charge in [0.15, 0.2) is 0 Å². The standard InChI is InChI=1S/C32H31ClN2O3/c1-21(30(36)34-26-18-17-23-13-9-10-16-25(23)19-26)27-28(33)32(27,2)29(24-14-7-4-8-15-24)35-31(37)38-20-22-11-5-3-6-12-22/h3-19,21,27-29H,20H2,1-2H3,(H,34,36)(H,35,37)/t21-,27-,28+,29-,32+/m1/s1. The minimum absolute atomic E-state index is 0.0990. The Morgan fingerprint density at radius 3 is 2.24 bits per heavy atom. The first-order valence-electron chi connectivity index (χ1n) is 12.8. The van der Waals surface area contributed by atoms with E-state index in [1.54, 1.807) is 0 Å². The molecule has 4 aromatic carbocycles. The molecule has 5 rings (SSSR count). The summed E-state index contributed by atoms with van der Waals surface area (Å²) in [6.07, 6.45) is -0.522. The van der Waals surface area contributed by atoms with Crippen molar-refractivity contribution in [2.75, 3.05) is 5.32 Å². The summed E-state index contributed by atoms with van der Waals surface area (Å²) < 4.78 is 5.52. The lowest BCUT2D eigenvalue weighted by atomic mass is 9.86. The molecule has 194 valence electrons. The number of hydrogen-bond donors (Lipinski definition) is 2. The number of carbonyl (C=O) groups is 2. The number of nitrogens with one attached hydrogen (secondary N) is 2. The van der Waals surface area contributed by atoms with Crippen molar-refractivity contribution in [2.24, 2.45) is 17.3 Å². The predicted molar refractivity (Wildman–Crippen MR) is 152 cm³/mol. The summed E-state index contributed by atoms with van der Waals surface area (Å²) in [5.74, 6) is -0.621. The van der Waals surface area contributed by atoms with Crippen molar-refractivity contribution >= 4 is 40.1 Å². The van der Waals surface area contributed by atoms with E-state index in [0.717, 1.165) is 27.6 Å². The topological polar surface area (TPSA) is 67.4 Å². The van der Waals surface area contributed by atoms with Crippen LogP contribution in [0.5, 0.6) is 0 Å². The zero-order chi connectivity index (χ0) is 26.7. The molecule has 0 saturated heterocycles. The summed E-state index contributed by atoms with van der Waals surface area (Å²) in [6, 6.07) is 32.8. The van der Waals surface area contributed by atoms with E-state index in [0.29, 0.717) is 0 Å².